The normalized spacial score (nSPS) is 21.7. The number of hydrogen-bond donors (Lipinski definition) is 2. The lowest BCUT2D eigenvalue weighted by molar-refractivity contribution is -0.124. The minimum Gasteiger partial charge on any atom is -0.373 e. The number of nitrogens with one attached hydrogen (secondary N) is 2. The summed E-state index contributed by atoms with van der Waals surface area (Å²) in [6, 6.07) is 8.29. The molecule has 1 unspecified atom stereocenters. The first-order valence-electron chi connectivity index (χ1n) is 8.72. The molecule has 2 N–H and O–H groups in total. The lowest BCUT2D eigenvalue weighted by Crippen LogP contribution is -2.44. The zero-order chi connectivity index (χ0) is 15.9. The van der Waals surface area contributed by atoms with Crippen LogP contribution in [0.5, 0.6) is 0 Å². The number of nitrogens with zero attached hydrogens (tertiary/aromatic N) is 1. The van der Waals surface area contributed by atoms with E-state index in [1.165, 1.54) is 11.1 Å². The van der Waals surface area contributed by atoms with Crippen molar-refractivity contribution in [2.24, 2.45) is 0 Å². The molecule has 1 saturated heterocycles. The van der Waals surface area contributed by atoms with Crippen molar-refractivity contribution < 1.29 is 9.53 Å². The molecule has 2 heterocycles. The van der Waals surface area contributed by atoms with Gasteiger partial charge in [-0.15, -0.1) is 0 Å². The maximum absolute atomic E-state index is 12.2. The van der Waals surface area contributed by atoms with Crippen LogP contribution < -0.4 is 10.6 Å². The van der Waals surface area contributed by atoms with E-state index >= 15 is 0 Å². The summed E-state index contributed by atoms with van der Waals surface area (Å²) in [5, 5.41) is 6.39. The van der Waals surface area contributed by atoms with Crippen LogP contribution in [0.1, 0.15) is 30.1 Å². The van der Waals surface area contributed by atoms with Gasteiger partial charge in [0.2, 0.25) is 5.91 Å². The number of carbonyl (C=O) groups excluding carboxylic acids is 1. The zero-order valence-corrected chi connectivity index (χ0v) is 13.7. The summed E-state index contributed by atoms with van der Waals surface area (Å²) in [5.41, 5.74) is 2.49. The molecule has 0 aliphatic carbocycles. The first-order valence-corrected chi connectivity index (χ1v) is 8.72. The predicted octanol–water partition coefficient (Wildman–Crippen LogP) is 1.10. The Hall–Kier alpha value is -1.43. The summed E-state index contributed by atoms with van der Waals surface area (Å²) in [4.78, 5) is 14.6. The molecule has 3 rings (SSSR count). The quantitative estimate of drug-likeness (QED) is 0.772. The second-order valence-electron chi connectivity index (χ2n) is 6.31. The highest BCUT2D eigenvalue weighted by atomic mass is 16.5. The summed E-state index contributed by atoms with van der Waals surface area (Å²) in [6.07, 6.45) is 2.28. The fraction of sp³-hybridized carbons (Fsp3) is 0.611. The third-order valence-corrected chi connectivity index (χ3v) is 4.65. The average Bonchev–Trinajstić information content (AvgIpc) is 2.60. The van der Waals surface area contributed by atoms with Gasteiger partial charge in [0, 0.05) is 32.7 Å². The number of benzene rings is 1. The molecule has 0 radical (unpaired) electrons. The van der Waals surface area contributed by atoms with Crippen LogP contribution in [0.15, 0.2) is 24.3 Å². The van der Waals surface area contributed by atoms with Crippen LogP contribution in [0, 0.1) is 0 Å². The van der Waals surface area contributed by atoms with Gasteiger partial charge in [0.15, 0.2) is 0 Å². The molecule has 1 aromatic rings. The standard InChI is InChI=1S/C18H27N3O2/c22-18(20-7-3-10-21-11-8-19-9-12-21)14-17-16-5-2-1-4-15(16)6-13-23-17/h1-2,4-5,17,19H,3,6-14H2,(H,20,22). The zero-order valence-electron chi connectivity index (χ0n) is 13.7. The van der Waals surface area contributed by atoms with Crippen LogP contribution in [-0.2, 0) is 16.0 Å². The molecule has 2 aliphatic heterocycles. The first-order chi connectivity index (χ1) is 11.3. The Labute approximate surface area is 138 Å². The largest absolute Gasteiger partial charge is 0.373 e. The average molecular weight is 317 g/mol. The van der Waals surface area contributed by atoms with Gasteiger partial charge in [-0.1, -0.05) is 24.3 Å². The summed E-state index contributed by atoms with van der Waals surface area (Å²) in [7, 11) is 0. The molecule has 0 spiro atoms. The van der Waals surface area contributed by atoms with E-state index in [0.29, 0.717) is 13.0 Å². The van der Waals surface area contributed by atoms with Gasteiger partial charge in [-0.2, -0.15) is 0 Å². The highest BCUT2D eigenvalue weighted by molar-refractivity contribution is 5.76. The minimum atomic E-state index is -0.0897. The van der Waals surface area contributed by atoms with E-state index in [9.17, 15) is 4.79 Å². The number of amides is 1. The van der Waals surface area contributed by atoms with Gasteiger partial charge in [-0.25, -0.2) is 0 Å². The van der Waals surface area contributed by atoms with Crippen molar-refractivity contribution in [3.8, 4) is 0 Å². The molecule has 1 fully saturated rings. The van der Waals surface area contributed by atoms with Gasteiger partial charge >= 0.3 is 0 Å². The van der Waals surface area contributed by atoms with Crippen LogP contribution in [0.4, 0.5) is 0 Å². The van der Waals surface area contributed by atoms with Crippen LogP contribution in [0.25, 0.3) is 0 Å². The van der Waals surface area contributed by atoms with Crippen molar-refractivity contribution >= 4 is 5.91 Å². The van der Waals surface area contributed by atoms with Crippen LogP contribution in [0.3, 0.4) is 0 Å². The number of rotatable bonds is 6. The van der Waals surface area contributed by atoms with Crippen molar-refractivity contribution in [3.05, 3.63) is 35.4 Å². The molecular weight excluding hydrogens is 290 g/mol. The van der Waals surface area contributed by atoms with Crippen LogP contribution in [0.2, 0.25) is 0 Å². The van der Waals surface area contributed by atoms with E-state index in [4.69, 9.17) is 4.74 Å². The van der Waals surface area contributed by atoms with Crippen molar-refractivity contribution in [3.63, 3.8) is 0 Å². The number of hydrogen-bond acceptors (Lipinski definition) is 4. The molecule has 23 heavy (non-hydrogen) atoms. The van der Waals surface area contributed by atoms with Gasteiger partial charge < -0.3 is 20.3 Å². The second-order valence-corrected chi connectivity index (χ2v) is 6.31. The molecular formula is C18H27N3O2. The van der Waals surface area contributed by atoms with Gasteiger partial charge in [-0.05, 0) is 30.5 Å². The van der Waals surface area contributed by atoms with Gasteiger partial charge in [0.05, 0.1) is 19.1 Å². The SMILES string of the molecule is O=C(CC1OCCc2ccccc21)NCCCN1CCNCC1. The maximum Gasteiger partial charge on any atom is 0.222 e. The smallest absolute Gasteiger partial charge is 0.222 e. The molecule has 0 saturated carbocycles. The maximum atomic E-state index is 12.2. The van der Waals surface area contributed by atoms with Crippen molar-refractivity contribution in [1.29, 1.82) is 0 Å². The Morgan fingerprint density at radius 3 is 3.00 bits per heavy atom. The van der Waals surface area contributed by atoms with E-state index < -0.39 is 0 Å². The van der Waals surface area contributed by atoms with Gasteiger partial charge in [0.1, 0.15) is 0 Å². The second kappa shape index (κ2) is 8.43. The van der Waals surface area contributed by atoms with Crippen molar-refractivity contribution in [2.75, 3.05) is 45.9 Å². The van der Waals surface area contributed by atoms with E-state index in [1.807, 2.05) is 6.07 Å². The molecule has 5 heteroatoms. The molecule has 126 valence electrons. The van der Waals surface area contributed by atoms with E-state index in [0.717, 1.165) is 52.1 Å². The van der Waals surface area contributed by atoms with Gasteiger partial charge in [0.25, 0.3) is 0 Å². The van der Waals surface area contributed by atoms with Crippen molar-refractivity contribution in [1.82, 2.24) is 15.5 Å². The van der Waals surface area contributed by atoms with Gasteiger partial charge in [-0.3, -0.25) is 4.79 Å². The Morgan fingerprint density at radius 1 is 1.30 bits per heavy atom. The Balaban J connectivity index is 1.38. The highest BCUT2D eigenvalue weighted by Crippen LogP contribution is 2.29. The fourth-order valence-corrected chi connectivity index (χ4v) is 3.35. The number of carbonyl (C=O) groups is 1. The third-order valence-electron chi connectivity index (χ3n) is 4.65. The monoisotopic (exact) mass is 317 g/mol. The topological polar surface area (TPSA) is 53.6 Å². The lowest BCUT2D eigenvalue weighted by atomic mass is 9.95. The summed E-state index contributed by atoms with van der Waals surface area (Å²) in [5.74, 6) is 0.0898. The number of piperazine rings is 1. The number of fused-ring (bicyclic) bond motifs is 1. The molecule has 0 aromatic heterocycles. The first kappa shape index (κ1) is 16.4. The van der Waals surface area contributed by atoms with Crippen molar-refractivity contribution in [2.45, 2.75) is 25.4 Å². The molecule has 1 atom stereocenters. The summed E-state index contributed by atoms with van der Waals surface area (Å²) < 4.78 is 5.80. The van der Waals surface area contributed by atoms with Crippen LogP contribution >= 0.6 is 0 Å². The molecule has 0 bridgehead atoms. The molecule has 5 nitrogen and oxygen atoms in total. The van der Waals surface area contributed by atoms with E-state index in [-0.39, 0.29) is 12.0 Å². The predicted molar refractivity (Wildman–Crippen MR) is 90.4 cm³/mol. The summed E-state index contributed by atoms with van der Waals surface area (Å²) >= 11 is 0. The minimum absolute atomic E-state index is 0.0897. The molecule has 1 amide bonds. The Kier molecular flexibility index (Phi) is 6.02. The van der Waals surface area contributed by atoms with Crippen LogP contribution in [-0.4, -0.2) is 56.7 Å². The number of ether oxygens (including phenoxy) is 1. The lowest BCUT2D eigenvalue weighted by Gasteiger charge is -2.27. The summed E-state index contributed by atoms with van der Waals surface area (Å²) in [6.45, 7) is 6.89. The Bertz CT molecular complexity index is 515. The third kappa shape index (κ3) is 4.77. The fourth-order valence-electron chi connectivity index (χ4n) is 3.35. The Morgan fingerprint density at radius 2 is 2.13 bits per heavy atom. The van der Waals surface area contributed by atoms with E-state index in [1.54, 1.807) is 0 Å². The molecule has 2 aliphatic rings. The molecule has 1 aromatic carbocycles. The van der Waals surface area contributed by atoms with E-state index in [2.05, 4.69) is 33.7 Å². The highest BCUT2D eigenvalue weighted by Gasteiger charge is 2.22.